The van der Waals surface area contributed by atoms with Crippen molar-refractivity contribution >= 4 is 18.6 Å². The standard InChI is InChI=1S/C6H13NO2S/c1-2-9-6(8)5(7)3-4-10/h5,10H,2-4,7H2,1H3/t5-/m0/s1/i6+1. The molecule has 4 heteroatoms. The Kier molecular flexibility index (Phi) is 5.43. The lowest BCUT2D eigenvalue weighted by atomic mass is 10.4. The number of esters is 1. The lowest BCUT2D eigenvalue weighted by Crippen LogP contribution is -2.32. The zero-order valence-corrected chi connectivity index (χ0v) is 6.93. The fraction of sp³-hybridized carbons (Fsp3) is 0.833. The van der Waals surface area contributed by atoms with Gasteiger partial charge in [0.2, 0.25) is 0 Å². The highest BCUT2D eigenvalue weighted by molar-refractivity contribution is 7.80. The predicted molar refractivity (Wildman–Crippen MR) is 43.1 cm³/mol. The van der Waals surface area contributed by atoms with Crippen molar-refractivity contribution in [3.05, 3.63) is 0 Å². The number of carbonyl (C=O) groups excluding carboxylic acids is 1. The van der Waals surface area contributed by atoms with Crippen molar-refractivity contribution in [3.8, 4) is 0 Å². The summed E-state index contributed by atoms with van der Waals surface area (Å²) in [6.45, 7) is 2.14. The molecule has 0 aromatic heterocycles. The van der Waals surface area contributed by atoms with E-state index in [1.54, 1.807) is 6.92 Å². The van der Waals surface area contributed by atoms with Gasteiger partial charge in [0.15, 0.2) is 0 Å². The Bertz CT molecular complexity index is 108. The minimum atomic E-state index is -0.502. The third kappa shape index (κ3) is 3.74. The van der Waals surface area contributed by atoms with Gasteiger partial charge in [0.25, 0.3) is 0 Å². The quantitative estimate of drug-likeness (QED) is 0.354. The van der Waals surface area contributed by atoms with Crippen LogP contribution in [0.5, 0.6) is 0 Å². The molecule has 0 aliphatic rings. The van der Waals surface area contributed by atoms with Crippen LogP contribution >= 0.6 is 12.6 Å². The van der Waals surface area contributed by atoms with E-state index >= 15 is 0 Å². The molecule has 0 unspecified atom stereocenters. The van der Waals surface area contributed by atoms with E-state index in [4.69, 9.17) is 5.73 Å². The van der Waals surface area contributed by atoms with Crippen molar-refractivity contribution in [3.63, 3.8) is 0 Å². The first kappa shape index (κ1) is 9.78. The van der Waals surface area contributed by atoms with Gasteiger partial charge in [-0.3, -0.25) is 4.79 Å². The zero-order chi connectivity index (χ0) is 7.98. The first-order chi connectivity index (χ1) is 4.72. The Morgan fingerprint density at radius 3 is 2.80 bits per heavy atom. The highest BCUT2D eigenvalue weighted by atomic mass is 32.1. The van der Waals surface area contributed by atoms with E-state index in [1.807, 2.05) is 0 Å². The summed E-state index contributed by atoms with van der Waals surface area (Å²) in [6, 6.07) is -0.502. The van der Waals surface area contributed by atoms with E-state index < -0.39 is 6.04 Å². The second-order valence-corrected chi connectivity index (χ2v) is 2.32. The van der Waals surface area contributed by atoms with Crippen molar-refractivity contribution in [2.75, 3.05) is 12.4 Å². The summed E-state index contributed by atoms with van der Waals surface area (Å²) in [5.41, 5.74) is 5.39. The number of nitrogens with two attached hydrogens (primary N) is 1. The summed E-state index contributed by atoms with van der Waals surface area (Å²) in [5, 5.41) is 0. The first-order valence-corrected chi connectivity index (χ1v) is 3.88. The lowest BCUT2D eigenvalue weighted by molar-refractivity contribution is -0.144. The second kappa shape index (κ2) is 5.56. The molecule has 0 saturated carbocycles. The molecule has 0 amide bonds. The minimum Gasteiger partial charge on any atom is -0.465 e. The van der Waals surface area contributed by atoms with Crippen LogP contribution in [0.4, 0.5) is 0 Å². The Labute approximate surface area is 66.3 Å². The molecule has 0 aliphatic heterocycles. The van der Waals surface area contributed by atoms with Crippen molar-refractivity contribution in [1.82, 2.24) is 0 Å². The van der Waals surface area contributed by atoms with Gasteiger partial charge < -0.3 is 10.5 Å². The maximum absolute atomic E-state index is 10.8. The summed E-state index contributed by atoms with van der Waals surface area (Å²) >= 11 is 3.93. The van der Waals surface area contributed by atoms with Crippen LogP contribution in [0.2, 0.25) is 0 Å². The number of thiol groups is 1. The van der Waals surface area contributed by atoms with Gasteiger partial charge in [-0.15, -0.1) is 0 Å². The molecule has 0 fully saturated rings. The molecule has 2 N–H and O–H groups in total. The third-order valence-corrected chi connectivity index (χ3v) is 1.29. The summed E-state index contributed by atoms with van der Waals surface area (Å²) in [4.78, 5) is 10.8. The van der Waals surface area contributed by atoms with Crippen LogP contribution in [0.25, 0.3) is 0 Å². The SMILES string of the molecule is CCO[13C](=O)[C@@H](N)CCS. The minimum absolute atomic E-state index is 0.337. The highest BCUT2D eigenvalue weighted by Crippen LogP contribution is 1.93. The monoisotopic (exact) mass is 164 g/mol. The van der Waals surface area contributed by atoms with Gasteiger partial charge in [0, 0.05) is 0 Å². The van der Waals surface area contributed by atoms with Crippen LogP contribution in [-0.4, -0.2) is 24.4 Å². The molecule has 0 aromatic rings. The van der Waals surface area contributed by atoms with E-state index in [0.717, 1.165) is 0 Å². The maximum atomic E-state index is 10.8. The molecule has 0 spiro atoms. The van der Waals surface area contributed by atoms with Crippen LogP contribution in [0.1, 0.15) is 13.3 Å². The molecule has 0 aromatic carbocycles. The summed E-state index contributed by atoms with van der Waals surface area (Å²) < 4.78 is 4.66. The summed E-state index contributed by atoms with van der Waals surface area (Å²) in [5.74, 6) is 0.275. The van der Waals surface area contributed by atoms with Gasteiger partial charge in [-0.1, -0.05) is 0 Å². The number of carbonyl (C=O) groups is 1. The Morgan fingerprint density at radius 2 is 2.40 bits per heavy atom. The Hall–Kier alpha value is -0.220. The Morgan fingerprint density at radius 1 is 1.80 bits per heavy atom. The summed E-state index contributed by atoms with van der Waals surface area (Å²) in [6.07, 6.45) is 0.571. The topological polar surface area (TPSA) is 52.3 Å². The molecule has 1 atom stereocenters. The van der Waals surface area contributed by atoms with Gasteiger partial charge in [0.05, 0.1) is 6.61 Å². The summed E-state index contributed by atoms with van der Waals surface area (Å²) in [7, 11) is 0. The molecule has 0 saturated heterocycles. The van der Waals surface area contributed by atoms with Crippen molar-refractivity contribution in [1.29, 1.82) is 0 Å². The van der Waals surface area contributed by atoms with Gasteiger partial charge >= 0.3 is 5.97 Å². The fourth-order valence-corrected chi connectivity index (χ4v) is 0.784. The first-order valence-electron chi connectivity index (χ1n) is 3.25. The van der Waals surface area contributed by atoms with Crippen LogP contribution in [-0.2, 0) is 9.53 Å². The number of hydrogen-bond acceptors (Lipinski definition) is 4. The molecule has 0 heterocycles. The van der Waals surface area contributed by atoms with Gasteiger partial charge in [0.1, 0.15) is 6.04 Å². The van der Waals surface area contributed by atoms with Gasteiger partial charge in [-0.2, -0.15) is 12.6 Å². The fourth-order valence-electron chi connectivity index (χ4n) is 0.506. The number of hydrogen-bond donors (Lipinski definition) is 2. The van der Waals surface area contributed by atoms with Crippen molar-refractivity contribution in [2.24, 2.45) is 5.73 Å². The van der Waals surface area contributed by atoms with Crippen molar-refractivity contribution < 1.29 is 9.53 Å². The number of rotatable bonds is 4. The van der Waals surface area contributed by atoms with E-state index in [1.165, 1.54) is 0 Å². The molecule has 0 rings (SSSR count). The van der Waals surface area contributed by atoms with Crippen LogP contribution in [0.3, 0.4) is 0 Å². The molecule has 10 heavy (non-hydrogen) atoms. The average molecular weight is 164 g/mol. The van der Waals surface area contributed by atoms with Crippen LogP contribution < -0.4 is 5.73 Å². The third-order valence-electron chi connectivity index (χ3n) is 1.03. The molecule has 3 nitrogen and oxygen atoms in total. The molecule has 0 radical (unpaired) electrons. The molecule has 60 valence electrons. The van der Waals surface area contributed by atoms with Crippen LogP contribution in [0, 0.1) is 0 Å². The van der Waals surface area contributed by atoms with Gasteiger partial charge in [-0.25, -0.2) is 0 Å². The van der Waals surface area contributed by atoms with Crippen LogP contribution in [0.15, 0.2) is 0 Å². The number of ether oxygens (including phenoxy) is 1. The average Bonchev–Trinajstić information content (AvgIpc) is 1.89. The molecular weight excluding hydrogens is 151 g/mol. The van der Waals surface area contributed by atoms with E-state index in [2.05, 4.69) is 17.4 Å². The highest BCUT2D eigenvalue weighted by Gasteiger charge is 2.12. The smallest absolute Gasteiger partial charge is 0.322 e. The van der Waals surface area contributed by atoms with E-state index in [9.17, 15) is 4.79 Å². The normalized spacial score (nSPS) is 12.7. The van der Waals surface area contributed by atoms with Gasteiger partial charge in [-0.05, 0) is 19.1 Å². The Balaban J connectivity index is 3.49. The molecule has 0 aliphatic carbocycles. The molecular formula is C6H13NO2S. The second-order valence-electron chi connectivity index (χ2n) is 1.87. The predicted octanol–water partition coefficient (Wildman–Crippen LogP) is 0.197. The molecule has 0 bridgehead atoms. The maximum Gasteiger partial charge on any atom is 0.322 e. The lowest BCUT2D eigenvalue weighted by Gasteiger charge is -2.07. The largest absolute Gasteiger partial charge is 0.465 e. The van der Waals surface area contributed by atoms with E-state index in [-0.39, 0.29) is 5.97 Å². The van der Waals surface area contributed by atoms with E-state index in [0.29, 0.717) is 18.8 Å². The van der Waals surface area contributed by atoms with Crippen molar-refractivity contribution in [2.45, 2.75) is 19.4 Å². The zero-order valence-electron chi connectivity index (χ0n) is 6.04.